The van der Waals surface area contributed by atoms with E-state index in [-0.39, 0.29) is 30.4 Å². The van der Waals surface area contributed by atoms with Crippen LogP contribution >= 0.6 is 0 Å². The quantitative estimate of drug-likeness (QED) is 0.367. The summed E-state index contributed by atoms with van der Waals surface area (Å²) in [5.74, 6) is -0.382. The summed E-state index contributed by atoms with van der Waals surface area (Å²) in [5.41, 5.74) is 2.27. The maximum absolute atomic E-state index is 12.8. The van der Waals surface area contributed by atoms with Crippen molar-refractivity contribution in [2.24, 2.45) is 5.16 Å². The number of nitrogens with zero attached hydrogens (tertiary/aromatic N) is 2. The summed E-state index contributed by atoms with van der Waals surface area (Å²) in [5, 5.41) is 7.61. The van der Waals surface area contributed by atoms with E-state index in [1.165, 1.54) is 18.3 Å². The third-order valence-corrected chi connectivity index (χ3v) is 3.42. The van der Waals surface area contributed by atoms with Crippen LogP contribution < -0.4 is 0 Å². The first-order valence-electron chi connectivity index (χ1n) is 7.66. The molecule has 0 fully saturated rings. The van der Waals surface area contributed by atoms with Gasteiger partial charge in [0, 0.05) is 11.6 Å². The van der Waals surface area contributed by atoms with E-state index in [9.17, 15) is 9.18 Å². The van der Waals surface area contributed by atoms with Crippen molar-refractivity contribution in [1.29, 1.82) is 0 Å². The molecule has 3 aromatic rings. The second kappa shape index (κ2) is 8.01. The fraction of sp³-hybridized carbons (Fsp3) is 0.105. The summed E-state index contributed by atoms with van der Waals surface area (Å²) in [7, 11) is 0. The van der Waals surface area contributed by atoms with E-state index in [0.717, 1.165) is 11.1 Å². The van der Waals surface area contributed by atoms with Gasteiger partial charge in [-0.15, -0.1) is 0 Å². The van der Waals surface area contributed by atoms with Crippen molar-refractivity contribution in [3.63, 3.8) is 0 Å². The first-order valence-corrected chi connectivity index (χ1v) is 7.66. The molecule has 25 heavy (non-hydrogen) atoms. The Kier molecular flexibility index (Phi) is 5.31. The minimum Gasteiger partial charge on any atom is -0.391 e. The van der Waals surface area contributed by atoms with Crippen LogP contribution in [0.3, 0.4) is 0 Å². The van der Waals surface area contributed by atoms with Gasteiger partial charge in [0.15, 0.2) is 0 Å². The average molecular weight is 338 g/mol. The summed E-state index contributed by atoms with van der Waals surface area (Å²) >= 11 is 0. The molecule has 0 aliphatic rings. The zero-order valence-electron chi connectivity index (χ0n) is 13.3. The van der Waals surface area contributed by atoms with Gasteiger partial charge in [-0.05, 0) is 17.7 Å². The lowest BCUT2D eigenvalue weighted by Gasteiger charge is -1.98. The third-order valence-electron chi connectivity index (χ3n) is 3.42. The maximum atomic E-state index is 12.8. The third kappa shape index (κ3) is 4.60. The van der Waals surface area contributed by atoms with Crippen molar-refractivity contribution < 1.29 is 18.5 Å². The molecule has 0 aliphatic carbocycles. The average Bonchev–Trinajstić information content (AvgIpc) is 3.14. The van der Waals surface area contributed by atoms with Crippen LogP contribution in [0.4, 0.5) is 4.39 Å². The molecule has 0 aliphatic heterocycles. The molecule has 2 aromatic carbocycles. The van der Waals surface area contributed by atoms with E-state index in [2.05, 4.69) is 10.3 Å². The summed E-state index contributed by atoms with van der Waals surface area (Å²) < 4.78 is 17.8. The summed E-state index contributed by atoms with van der Waals surface area (Å²) in [6, 6.07) is 17.0. The highest BCUT2D eigenvalue weighted by Gasteiger charge is 2.12. The van der Waals surface area contributed by atoms with Crippen molar-refractivity contribution in [1.82, 2.24) is 5.16 Å². The highest BCUT2D eigenvalue weighted by Crippen LogP contribution is 2.19. The first-order chi connectivity index (χ1) is 12.2. The lowest BCUT2D eigenvalue weighted by Crippen LogP contribution is -1.98. The number of carbonyl (C=O) groups is 1. The Morgan fingerprint density at radius 1 is 1.16 bits per heavy atom. The van der Waals surface area contributed by atoms with E-state index in [1.54, 1.807) is 18.2 Å². The number of ketones is 1. The molecule has 0 bridgehead atoms. The Labute approximate surface area is 143 Å². The Bertz CT molecular complexity index is 858. The molecule has 0 N–H and O–H groups in total. The van der Waals surface area contributed by atoms with Crippen molar-refractivity contribution in [2.45, 2.75) is 13.0 Å². The molecular formula is C19H15FN2O3. The van der Waals surface area contributed by atoms with Crippen LogP contribution in [-0.2, 0) is 11.4 Å². The number of Topliss-reactive ketones (excluding diaryl/α,β-unsaturated/α-hetero) is 1. The Morgan fingerprint density at radius 2 is 1.92 bits per heavy atom. The van der Waals surface area contributed by atoms with Crippen molar-refractivity contribution >= 4 is 12.0 Å². The second-order valence-electron chi connectivity index (χ2n) is 5.26. The predicted octanol–water partition coefficient (Wildman–Crippen LogP) is 4.26. The number of carbonyl (C=O) groups excluding carboxylic acids is 1. The fourth-order valence-electron chi connectivity index (χ4n) is 2.12. The zero-order valence-corrected chi connectivity index (χ0v) is 13.3. The number of halogens is 1. The molecule has 0 saturated heterocycles. The van der Waals surface area contributed by atoms with Crippen LogP contribution in [0.1, 0.15) is 22.5 Å². The molecule has 6 heteroatoms. The van der Waals surface area contributed by atoms with Gasteiger partial charge in [0.1, 0.15) is 18.1 Å². The smallest absolute Gasteiger partial charge is 0.206 e. The molecule has 0 saturated carbocycles. The largest absolute Gasteiger partial charge is 0.391 e. The van der Waals surface area contributed by atoms with E-state index in [4.69, 9.17) is 9.36 Å². The van der Waals surface area contributed by atoms with Gasteiger partial charge < -0.3 is 9.36 Å². The number of aromatic nitrogens is 1. The topological polar surface area (TPSA) is 64.7 Å². The first kappa shape index (κ1) is 16.6. The van der Waals surface area contributed by atoms with Gasteiger partial charge in [-0.25, -0.2) is 4.39 Å². The van der Waals surface area contributed by atoms with Gasteiger partial charge in [0.05, 0.1) is 12.6 Å². The minimum atomic E-state index is -0.306. The summed E-state index contributed by atoms with van der Waals surface area (Å²) in [4.78, 5) is 17.1. The summed E-state index contributed by atoms with van der Waals surface area (Å²) in [6.45, 7) is 0.200. The number of hydrogen-bond donors (Lipinski definition) is 0. The Morgan fingerprint density at radius 3 is 2.68 bits per heavy atom. The molecular weight excluding hydrogens is 323 g/mol. The lowest BCUT2D eigenvalue weighted by molar-refractivity contribution is 0.0961. The monoisotopic (exact) mass is 338 g/mol. The van der Waals surface area contributed by atoms with Crippen LogP contribution in [0, 0.1) is 5.82 Å². The zero-order chi connectivity index (χ0) is 17.5. The molecule has 126 valence electrons. The molecule has 0 unspecified atom stereocenters. The van der Waals surface area contributed by atoms with Gasteiger partial charge in [-0.3, -0.25) is 4.79 Å². The van der Waals surface area contributed by atoms with Gasteiger partial charge >= 0.3 is 0 Å². The van der Waals surface area contributed by atoms with Crippen LogP contribution in [-0.4, -0.2) is 17.2 Å². The molecule has 0 amide bonds. The van der Waals surface area contributed by atoms with Crippen molar-refractivity contribution in [2.75, 3.05) is 0 Å². The summed E-state index contributed by atoms with van der Waals surface area (Å²) in [6.07, 6.45) is 1.39. The number of rotatable bonds is 7. The van der Waals surface area contributed by atoms with Crippen LogP contribution in [0.15, 0.2) is 70.3 Å². The molecule has 0 spiro atoms. The standard InChI is InChI=1S/C19H15FN2O3/c20-16-8-6-14(7-9-16)13-24-21-11-10-18(23)19-12-17(22-25-19)15-4-2-1-3-5-15/h1-9,11-12H,10,13H2. The molecule has 0 atom stereocenters. The molecule has 3 rings (SSSR count). The fourth-order valence-corrected chi connectivity index (χ4v) is 2.12. The molecule has 1 aromatic heterocycles. The van der Waals surface area contributed by atoms with Crippen molar-refractivity contribution in [3.8, 4) is 11.3 Å². The minimum absolute atomic E-state index is 0.0346. The van der Waals surface area contributed by atoms with Crippen LogP contribution in [0.25, 0.3) is 11.3 Å². The van der Waals surface area contributed by atoms with Gasteiger partial charge in [0.2, 0.25) is 11.5 Å². The number of benzene rings is 2. The van der Waals surface area contributed by atoms with Gasteiger partial charge in [-0.2, -0.15) is 0 Å². The van der Waals surface area contributed by atoms with Gasteiger partial charge in [0.25, 0.3) is 0 Å². The van der Waals surface area contributed by atoms with E-state index in [1.807, 2.05) is 30.3 Å². The van der Waals surface area contributed by atoms with Crippen LogP contribution in [0.5, 0.6) is 0 Å². The molecule has 5 nitrogen and oxygen atoms in total. The Balaban J connectivity index is 1.49. The van der Waals surface area contributed by atoms with E-state index >= 15 is 0 Å². The maximum Gasteiger partial charge on any atom is 0.206 e. The highest BCUT2D eigenvalue weighted by molar-refractivity contribution is 6.02. The second-order valence-corrected chi connectivity index (χ2v) is 5.26. The molecule has 0 radical (unpaired) electrons. The van der Waals surface area contributed by atoms with Crippen molar-refractivity contribution in [3.05, 3.63) is 77.8 Å². The number of oxime groups is 1. The number of hydrogen-bond acceptors (Lipinski definition) is 5. The van der Waals surface area contributed by atoms with Crippen LogP contribution in [0.2, 0.25) is 0 Å². The van der Waals surface area contributed by atoms with E-state index < -0.39 is 0 Å². The highest BCUT2D eigenvalue weighted by atomic mass is 19.1. The van der Waals surface area contributed by atoms with E-state index in [0.29, 0.717) is 5.69 Å². The lowest BCUT2D eigenvalue weighted by atomic mass is 10.1. The van der Waals surface area contributed by atoms with Gasteiger partial charge in [-0.1, -0.05) is 52.8 Å². The Hall–Kier alpha value is -3.28. The predicted molar refractivity (Wildman–Crippen MR) is 90.6 cm³/mol. The molecule has 1 heterocycles. The normalized spacial score (nSPS) is 10.9. The SMILES string of the molecule is O=C(CC=NOCc1ccc(F)cc1)c1cc(-c2ccccc2)no1.